The van der Waals surface area contributed by atoms with Gasteiger partial charge < -0.3 is 23.7 Å². The lowest BCUT2D eigenvalue weighted by molar-refractivity contribution is 0.589. The molecule has 5 nitrogen and oxygen atoms in total. The van der Waals surface area contributed by atoms with Crippen molar-refractivity contribution >= 4 is 107 Å². The number of para-hydroxylation sites is 3. The Morgan fingerprint density at radius 2 is 0.988 bits per heavy atom. The SMILES string of the molecule is Cc1cc2c3c(c1)N(c1c(C)cc(-c4cc5ccccc5o4)cc1C)c1cc(N(c4ccc5c6ccccc6n(-c6ccccc6)c5c4)c4ccc(C(C)(C)C)cc4C)ccc1B3c1ccc(C(C)(C)C)cc1N2c1ccc(C(C)(C)C)cc1. The minimum Gasteiger partial charge on any atom is -0.456 e. The monoisotopic (exact) mass is 1090 g/mol. The van der Waals surface area contributed by atoms with E-state index in [0.29, 0.717) is 0 Å². The van der Waals surface area contributed by atoms with Crippen molar-refractivity contribution in [2.75, 3.05) is 14.7 Å². The number of furan rings is 1. The van der Waals surface area contributed by atoms with Crippen LogP contribution in [-0.4, -0.2) is 11.3 Å². The van der Waals surface area contributed by atoms with Gasteiger partial charge in [0.05, 0.1) is 16.7 Å². The molecule has 0 N–H and O–H groups in total. The number of aryl methyl sites for hydroxylation is 4. The van der Waals surface area contributed by atoms with Crippen molar-refractivity contribution in [1.29, 1.82) is 0 Å². The molecule has 0 radical (unpaired) electrons. The van der Waals surface area contributed by atoms with Gasteiger partial charge in [0.2, 0.25) is 0 Å². The minimum absolute atomic E-state index is 0.0170. The molecule has 14 rings (SSSR count). The Bertz CT molecular complexity index is 4560. The second-order valence-electron chi connectivity index (χ2n) is 27.0. The number of benzene rings is 10. The molecule has 0 saturated carbocycles. The first kappa shape index (κ1) is 53.0. The smallest absolute Gasteiger partial charge is 0.252 e. The van der Waals surface area contributed by atoms with Crippen LogP contribution in [0.15, 0.2) is 211 Å². The summed E-state index contributed by atoms with van der Waals surface area (Å²) in [5, 5.41) is 3.56. The number of fused-ring (bicyclic) bond motifs is 8. The molecule has 0 spiro atoms. The van der Waals surface area contributed by atoms with E-state index in [1.54, 1.807) is 0 Å². The molecule has 2 aromatic heterocycles. The summed E-state index contributed by atoms with van der Waals surface area (Å²) in [7, 11) is 0. The third-order valence-electron chi connectivity index (χ3n) is 18.0. The summed E-state index contributed by atoms with van der Waals surface area (Å²) in [4.78, 5) is 7.70. The third-order valence-corrected chi connectivity index (χ3v) is 18.0. The van der Waals surface area contributed by atoms with Crippen molar-refractivity contribution in [3.63, 3.8) is 0 Å². The van der Waals surface area contributed by atoms with Gasteiger partial charge in [-0.2, -0.15) is 0 Å². The normalized spacial score (nSPS) is 13.2. The van der Waals surface area contributed by atoms with Crippen LogP contribution in [-0.2, 0) is 16.2 Å². The summed E-state index contributed by atoms with van der Waals surface area (Å²) in [5.41, 5.74) is 28.3. The number of hydrogen-bond donors (Lipinski definition) is 0. The van der Waals surface area contributed by atoms with Crippen LogP contribution in [0.25, 0.3) is 49.8 Å². The zero-order valence-corrected chi connectivity index (χ0v) is 50.9. The van der Waals surface area contributed by atoms with E-state index < -0.39 is 0 Å². The quantitative estimate of drug-likeness (QED) is 0.149. The van der Waals surface area contributed by atoms with Gasteiger partial charge >= 0.3 is 0 Å². The van der Waals surface area contributed by atoms with E-state index in [-0.39, 0.29) is 23.0 Å². The lowest BCUT2D eigenvalue weighted by Gasteiger charge is -2.45. The molecule has 0 aliphatic carbocycles. The van der Waals surface area contributed by atoms with Gasteiger partial charge in [0.1, 0.15) is 11.3 Å². The molecule has 0 amide bonds. The Balaban J connectivity index is 1.05. The molecule has 0 saturated heterocycles. The van der Waals surface area contributed by atoms with Crippen molar-refractivity contribution in [3.8, 4) is 17.0 Å². The average molecular weight is 1090 g/mol. The van der Waals surface area contributed by atoms with E-state index in [9.17, 15) is 0 Å². The Morgan fingerprint density at radius 3 is 1.68 bits per heavy atom. The van der Waals surface area contributed by atoms with Crippen molar-refractivity contribution in [1.82, 2.24) is 4.57 Å². The summed E-state index contributed by atoms with van der Waals surface area (Å²) in [6.07, 6.45) is 0. The van der Waals surface area contributed by atoms with Crippen LogP contribution in [0.2, 0.25) is 0 Å². The second kappa shape index (κ2) is 19.3. The predicted molar refractivity (Wildman–Crippen MR) is 360 cm³/mol. The molecular weight excluding hydrogens is 1020 g/mol. The average Bonchev–Trinajstić information content (AvgIpc) is 0.943. The van der Waals surface area contributed by atoms with Crippen LogP contribution in [0.5, 0.6) is 0 Å². The maximum atomic E-state index is 6.58. The first-order chi connectivity index (χ1) is 40.2. The van der Waals surface area contributed by atoms with Crippen LogP contribution in [0, 0.1) is 27.7 Å². The lowest BCUT2D eigenvalue weighted by atomic mass is 9.33. The molecule has 2 aliphatic heterocycles. The van der Waals surface area contributed by atoms with E-state index in [2.05, 4.69) is 309 Å². The van der Waals surface area contributed by atoms with Crippen LogP contribution in [0.1, 0.15) is 101 Å². The zero-order valence-electron chi connectivity index (χ0n) is 50.9. The Hall–Kier alpha value is -9.00. The molecule has 0 bridgehead atoms. The molecule has 0 unspecified atom stereocenters. The number of hydrogen-bond acceptors (Lipinski definition) is 4. The van der Waals surface area contributed by atoms with Crippen LogP contribution < -0.4 is 31.1 Å². The van der Waals surface area contributed by atoms with E-state index in [1.807, 2.05) is 6.07 Å². The number of anilines is 9. The van der Waals surface area contributed by atoms with Gasteiger partial charge in [-0.3, -0.25) is 0 Å². The van der Waals surface area contributed by atoms with Crippen molar-refractivity contribution in [2.24, 2.45) is 0 Å². The van der Waals surface area contributed by atoms with Crippen LogP contribution in [0.4, 0.5) is 51.2 Å². The van der Waals surface area contributed by atoms with Gasteiger partial charge in [-0.05, 0) is 202 Å². The summed E-state index contributed by atoms with van der Waals surface area (Å²) in [6.45, 7) is 29.9. The van der Waals surface area contributed by atoms with Crippen molar-refractivity contribution in [2.45, 2.75) is 106 Å². The molecule has 2 aliphatic rings. The highest BCUT2D eigenvalue weighted by Gasteiger charge is 2.45. The highest BCUT2D eigenvalue weighted by molar-refractivity contribution is 7.00. The first-order valence-corrected chi connectivity index (χ1v) is 29.9. The second-order valence-corrected chi connectivity index (χ2v) is 27.0. The van der Waals surface area contributed by atoms with Gasteiger partial charge in [0.25, 0.3) is 6.71 Å². The lowest BCUT2D eigenvalue weighted by Crippen LogP contribution is -2.61. The molecular formula is C78H73BN4O. The molecule has 4 heterocycles. The predicted octanol–water partition coefficient (Wildman–Crippen LogP) is 19.9. The molecule has 10 aromatic carbocycles. The van der Waals surface area contributed by atoms with Gasteiger partial charge in [0, 0.05) is 72.9 Å². The zero-order chi connectivity index (χ0) is 58.3. The molecule has 84 heavy (non-hydrogen) atoms. The fourth-order valence-electron chi connectivity index (χ4n) is 13.7. The molecule has 6 heteroatoms. The van der Waals surface area contributed by atoms with Crippen molar-refractivity contribution in [3.05, 3.63) is 245 Å². The van der Waals surface area contributed by atoms with E-state index in [1.165, 1.54) is 94.4 Å². The number of aromatic nitrogens is 1. The molecule has 0 fully saturated rings. The fraction of sp³-hybridized carbons (Fsp3) is 0.205. The third kappa shape index (κ3) is 8.66. The van der Waals surface area contributed by atoms with Crippen LogP contribution in [0.3, 0.4) is 0 Å². The van der Waals surface area contributed by atoms with E-state index in [0.717, 1.165) is 61.9 Å². The van der Waals surface area contributed by atoms with E-state index >= 15 is 0 Å². The molecule has 0 atom stereocenters. The van der Waals surface area contributed by atoms with Gasteiger partial charge in [0.15, 0.2) is 0 Å². The van der Waals surface area contributed by atoms with Gasteiger partial charge in [-0.25, -0.2) is 0 Å². The Kier molecular flexibility index (Phi) is 12.2. The summed E-state index contributed by atoms with van der Waals surface area (Å²) in [6, 6.07) is 77.9. The molecule has 12 aromatic rings. The minimum atomic E-state index is -0.0698. The highest BCUT2D eigenvalue weighted by Crippen LogP contribution is 2.50. The van der Waals surface area contributed by atoms with Gasteiger partial charge in [-0.15, -0.1) is 0 Å². The topological polar surface area (TPSA) is 27.8 Å². The Labute approximate surface area is 496 Å². The van der Waals surface area contributed by atoms with E-state index in [4.69, 9.17) is 4.42 Å². The molecule has 414 valence electrons. The maximum absolute atomic E-state index is 6.58. The Morgan fingerprint density at radius 1 is 0.417 bits per heavy atom. The maximum Gasteiger partial charge on any atom is 0.252 e. The largest absolute Gasteiger partial charge is 0.456 e. The van der Waals surface area contributed by atoms with Gasteiger partial charge in [-0.1, -0.05) is 165 Å². The first-order valence-electron chi connectivity index (χ1n) is 29.9. The summed E-state index contributed by atoms with van der Waals surface area (Å²) in [5.74, 6) is 0.870. The number of rotatable bonds is 7. The highest BCUT2D eigenvalue weighted by atomic mass is 16.3. The summed E-state index contributed by atoms with van der Waals surface area (Å²) >= 11 is 0. The fourth-order valence-corrected chi connectivity index (χ4v) is 13.7. The standard InChI is InChI=1S/C78H73BN4O/c1-48-39-70-74-71(40-48)83(75-50(3)41-53(42-51(75)4)73-44-52-21-17-20-26-72(52)84-73)69-47-60(34-37-64(69)79(74)63-36-29-56(78(11,12)13)45-68(63)82(70)58-31-27-54(28-32-58)76(5,6)7)80(65-38-30-55(43-49(65)2)77(8,9)10)59-33-35-62-61-24-18-19-25-66(61)81(67(62)46-59)57-22-15-14-16-23-57/h14-47H,1-13H3. The van der Waals surface area contributed by atoms with Crippen LogP contribution >= 0.6 is 0 Å². The number of nitrogens with zero attached hydrogens (tertiary/aromatic N) is 4. The summed E-state index contributed by atoms with van der Waals surface area (Å²) < 4.78 is 9.02. The van der Waals surface area contributed by atoms with Crippen molar-refractivity contribution < 1.29 is 4.42 Å².